The number of alkyl carbamates (subject to hydrolysis) is 1. The molecule has 0 spiro atoms. The van der Waals surface area contributed by atoms with Gasteiger partial charge in [-0.1, -0.05) is 20.8 Å². The first-order chi connectivity index (χ1) is 10.3. The van der Waals surface area contributed by atoms with Crippen molar-refractivity contribution in [2.75, 3.05) is 6.54 Å². The predicted octanol–water partition coefficient (Wildman–Crippen LogP) is 3.08. The molecule has 2 fully saturated rings. The van der Waals surface area contributed by atoms with Gasteiger partial charge in [0.05, 0.1) is 0 Å². The summed E-state index contributed by atoms with van der Waals surface area (Å²) in [5, 5.41) is 2.83. The molecule has 0 aromatic rings. The van der Waals surface area contributed by atoms with Crippen molar-refractivity contribution in [3.05, 3.63) is 0 Å². The fourth-order valence-electron chi connectivity index (χ4n) is 3.38. The van der Waals surface area contributed by atoms with Crippen LogP contribution in [-0.4, -0.2) is 41.6 Å². The largest absolute Gasteiger partial charge is 0.446 e. The zero-order valence-corrected chi connectivity index (χ0v) is 14.4. The second-order valence-corrected chi connectivity index (χ2v) is 7.78. The lowest BCUT2D eigenvalue weighted by Gasteiger charge is -2.35. The van der Waals surface area contributed by atoms with E-state index in [1.165, 1.54) is 0 Å². The number of rotatable bonds is 3. The minimum absolute atomic E-state index is 0.0147. The average molecular weight is 310 g/mol. The summed E-state index contributed by atoms with van der Waals surface area (Å²) in [6.45, 7) is 8.79. The Morgan fingerprint density at radius 3 is 2.27 bits per heavy atom. The Morgan fingerprint density at radius 2 is 1.77 bits per heavy atom. The zero-order valence-electron chi connectivity index (χ0n) is 14.4. The quantitative estimate of drug-likeness (QED) is 0.871. The average Bonchev–Trinajstić information content (AvgIpc) is 3.05. The highest BCUT2D eigenvalue weighted by atomic mass is 16.6. The highest BCUT2D eigenvalue weighted by Gasteiger charge is 2.39. The summed E-state index contributed by atoms with van der Waals surface area (Å²) < 4.78 is 5.46. The molecule has 2 atom stereocenters. The van der Waals surface area contributed by atoms with E-state index in [2.05, 4.69) is 12.2 Å². The fourth-order valence-corrected chi connectivity index (χ4v) is 3.38. The monoisotopic (exact) mass is 310 g/mol. The lowest BCUT2D eigenvalue weighted by atomic mass is 9.85. The van der Waals surface area contributed by atoms with Crippen LogP contribution in [-0.2, 0) is 9.53 Å². The molecule has 1 unspecified atom stereocenters. The first kappa shape index (κ1) is 17.1. The molecule has 1 saturated carbocycles. The molecule has 22 heavy (non-hydrogen) atoms. The minimum atomic E-state index is -0.540. The predicted molar refractivity (Wildman–Crippen MR) is 85.5 cm³/mol. The highest BCUT2D eigenvalue weighted by molar-refractivity contribution is 5.87. The number of carbonyl (C=O) groups is 2. The standard InChI is InChI=1S/C17H30N2O3/c1-12-8-7-11-19(12)15(20)14(17(2,3)4)18-16(21)22-13-9-5-6-10-13/h12-14H,5-11H2,1-4H3,(H,18,21)/t12?,14-/m1/s1. The lowest BCUT2D eigenvalue weighted by molar-refractivity contribution is -0.136. The van der Waals surface area contributed by atoms with Crippen LogP contribution in [0.4, 0.5) is 4.79 Å². The van der Waals surface area contributed by atoms with Crippen molar-refractivity contribution in [2.24, 2.45) is 5.41 Å². The normalized spacial score (nSPS) is 24.4. The molecule has 126 valence electrons. The summed E-state index contributed by atoms with van der Waals surface area (Å²) in [4.78, 5) is 26.9. The van der Waals surface area contributed by atoms with Crippen molar-refractivity contribution in [3.8, 4) is 0 Å². The van der Waals surface area contributed by atoms with Crippen molar-refractivity contribution in [3.63, 3.8) is 0 Å². The van der Waals surface area contributed by atoms with Gasteiger partial charge >= 0.3 is 6.09 Å². The third-order valence-electron chi connectivity index (χ3n) is 4.79. The van der Waals surface area contributed by atoms with Crippen molar-refractivity contribution in [1.29, 1.82) is 0 Å². The van der Waals surface area contributed by atoms with Crippen LogP contribution in [0.2, 0.25) is 0 Å². The van der Waals surface area contributed by atoms with E-state index in [-0.39, 0.29) is 23.5 Å². The first-order valence-electron chi connectivity index (χ1n) is 8.56. The summed E-state index contributed by atoms with van der Waals surface area (Å²) in [6, 6.07) is -0.285. The SMILES string of the molecule is CC1CCCN1C(=O)[C@@H](NC(=O)OC1CCCC1)C(C)(C)C. The molecule has 1 aliphatic heterocycles. The van der Waals surface area contributed by atoms with Gasteiger partial charge in [0.1, 0.15) is 12.1 Å². The van der Waals surface area contributed by atoms with Crippen LogP contribution in [0.25, 0.3) is 0 Å². The number of likely N-dealkylation sites (tertiary alicyclic amines) is 1. The Labute approximate surface area is 133 Å². The number of hydrogen-bond donors (Lipinski definition) is 1. The Bertz CT molecular complexity index is 411. The van der Waals surface area contributed by atoms with E-state index in [0.717, 1.165) is 45.1 Å². The molecule has 2 amide bonds. The molecular formula is C17H30N2O3. The van der Waals surface area contributed by atoms with Gasteiger partial charge in [-0.3, -0.25) is 4.79 Å². The van der Waals surface area contributed by atoms with Gasteiger partial charge in [-0.2, -0.15) is 0 Å². The first-order valence-corrected chi connectivity index (χ1v) is 8.56. The molecule has 0 aromatic heterocycles. The number of hydrogen-bond acceptors (Lipinski definition) is 3. The highest BCUT2D eigenvalue weighted by Crippen LogP contribution is 2.26. The van der Waals surface area contributed by atoms with Crippen LogP contribution in [0, 0.1) is 5.41 Å². The van der Waals surface area contributed by atoms with Gasteiger partial charge in [0, 0.05) is 12.6 Å². The molecule has 1 heterocycles. The molecule has 5 nitrogen and oxygen atoms in total. The van der Waals surface area contributed by atoms with Gasteiger partial charge in [0.15, 0.2) is 0 Å². The summed E-state index contributed by atoms with van der Waals surface area (Å²) in [7, 11) is 0. The second-order valence-electron chi connectivity index (χ2n) is 7.78. The Kier molecular flexibility index (Phi) is 5.35. The molecule has 1 saturated heterocycles. The summed E-state index contributed by atoms with van der Waals surface area (Å²) in [5.41, 5.74) is -0.339. The minimum Gasteiger partial charge on any atom is -0.446 e. The number of nitrogens with zero attached hydrogens (tertiary/aromatic N) is 1. The lowest BCUT2D eigenvalue weighted by Crippen LogP contribution is -2.55. The smallest absolute Gasteiger partial charge is 0.408 e. The maximum atomic E-state index is 12.8. The molecule has 2 aliphatic rings. The van der Waals surface area contributed by atoms with Crippen LogP contribution in [0.3, 0.4) is 0 Å². The van der Waals surface area contributed by atoms with E-state index >= 15 is 0 Å². The van der Waals surface area contributed by atoms with Gasteiger partial charge < -0.3 is 15.0 Å². The number of amides is 2. The van der Waals surface area contributed by atoms with Crippen LogP contribution in [0.5, 0.6) is 0 Å². The number of ether oxygens (including phenoxy) is 1. The third kappa shape index (κ3) is 4.14. The molecular weight excluding hydrogens is 280 g/mol. The van der Waals surface area contributed by atoms with Gasteiger partial charge in [-0.15, -0.1) is 0 Å². The van der Waals surface area contributed by atoms with Gasteiger partial charge in [-0.25, -0.2) is 4.79 Å². The van der Waals surface area contributed by atoms with E-state index in [0.29, 0.717) is 0 Å². The Hall–Kier alpha value is -1.26. The van der Waals surface area contributed by atoms with Gasteiger partial charge in [0.25, 0.3) is 0 Å². The summed E-state index contributed by atoms with van der Waals surface area (Å²) >= 11 is 0. The Balaban J connectivity index is 1.99. The molecule has 0 aromatic carbocycles. The van der Waals surface area contributed by atoms with Crippen LogP contribution in [0.15, 0.2) is 0 Å². The van der Waals surface area contributed by atoms with Crippen LogP contribution < -0.4 is 5.32 Å². The maximum absolute atomic E-state index is 12.8. The number of nitrogens with one attached hydrogen (secondary N) is 1. The van der Waals surface area contributed by atoms with E-state index in [1.54, 1.807) is 0 Å². The van der Waals surface area contributed by atoms with Gasteiger partial charge in [0.2, 0.25) is 5.91 Å². The molecule has 5 heteroatoms. The fraction of sp³-hybridized carbons (Fsp3) is 0.882. The molecule has 1 aliphatic carbocycles. The van der Waals surface area contributed by atoms with Crippen molar-refractivity contribution < 1.29 is 14.3 Å². The van der Waals surface area contributed by atoms with Crippen molar-refractivity contribution in [2.45, 2.75) is 84.4 Å². The van der Waals surface area contributed by atoms with Crippen LogP contribution >= 0.6 is 0 Å². The number of carbonyl (C=O) groups excluding carboxylic acids is 2. The van der Waals surface area contributed by atoms with E-state index in [4.69, 9.17) is 4.74 Å². The Morgan fingerprint density at radius 1 is 1.14 bits per heavy atom. The third-order valence-corrected chi connectivity index (χ3v) is 4.79. The summed E-state index contributed by atoms with van der Waals surface area (Å²) in [6.07, 6.45) is 5.74. The molecule has 0 bridgehead atoms. The molecule has 2 rings (SSSR count). The molecule has 1 N–H and O–H groups in total. The van der Waals surface area contributed by atoms with Crippen molar-refractivity contribution in [1.82, 2.24) is 10.2 Å². The van der Waals surface area contributed by atoms with E-state index in [9.17, 15) is 9.59 Å². The van der Waals surface area contributed by atoms with Gasteiger partial charge in [-0.05, 0) is 50.9 Å². The zero-order chi connectivity index (χ0) is 16.3. The van der Waals surface area contributed by atoms with Crippen LogP contribution in [0.1, 0.15) is 66.2 Å². The second kappa shape index (κ2) is 6.88. The molecule has 0 radical (unpaired) electrons. The van der Waals surface area contributed by atoms with Crippen molar-refractivity contribution >= 4 is 12.0 Å². The van der Waals surface area contributed by atoms with E-state index in [1.807, 2.05) is 25.7 Å². The van der Waals surface area contributed by atoms with E-state index < -0.39 is 12.1 Å². The summed E-state index contributed by atoms with van der Waals surface area (Å²) in [5.74, 6) is 0.0147. The maximum Gasteiger partial charge on any atom is 0.408 e. The topological polar surface area (TPSA) is 58.6 Å².